The quantitative estimate of drug-likeness (QED) is 0.735. The summed E-state index contributed by atoms with van der Waals surface area (Å²) in [4.78, 5) is 18.7. The van der Waals surface area contributed by atoms with Crippen LogP contribution in [0.3, 0.4) is 0 Å². The topological polar surface area (TPSA) is 64.2 Å². The van der Waals surface area contributed by atoms with Gasteiger partial charge in [-0.25, -0.2) is 18.2 Å². The van der Waals surface area contributed by atoms with E-state index < -0.39 is 17.5 Å². The Kier molecular flexibility index (Phi) is 3.58. The van der Waals surface area contributed by atoms with Crippen LogP contribution in [0.25, 0.3) is 16.7 Å². The van der Waals surface area contributed by atoms with E-state index in [1.54, 1.807) is 6.92 Å². The molecule has 2 fully saturated rings. The number of pyridine rings is 2. The van der Waals surface area contributed by atoms with Gasteiger partial charge in [0.2, 0.25) is 0 Å². The van der Waals surface area contributed by atoms with Crippen molar-refractivity contribution < 1.29 is 13.2 Å². The highest BCUT2D eigenvalue weighted by molar-refractivity contribution is 5.80. The van der Waals surface area contributed by atoms with Gasteiger partial charge < -0.3 is 10.6 Å². The van der Waals surface area contributed by atoms with Crippen LogP contribution in [-0.2, 0) is 0 Å². The lowest BCUT2D eigenvalue weighted by atomic mass is 10.2. The SMILES string of the molecule is Cc1cn(-c2ccc(F)cc2F)c2nc(N3CC4C(N)C4C3)c(F)cc2c1=O. The Hall–Kier alpha value is -2.87. The standard InChI is InChI=1S/C20H17F3N4O/c1-9-6-27(16-3-2-10(21)4-14(16)22)19-11(18(9)28)5-15(23)20(25-19)26-7-12-13(8-26)17(12)24/h2-6,12-13,17H,7-8,24H2,1H3. The summed E-state index contributed by atoms with van der Waals surface area (Å²) in [5.41, 5.74) is 6.04. The molecule has 1 aliphatic heterocycles. The van der Waals surface area contributed by atoms with Crippen LogP contribution in [0.4, 0.5) is 19.0 Å². The number of hydrogen-bond acceptors (Lipinski definition) is 4. The van der Waals surface area contributed by atoms with Gasteiger partial charge in [-0.3, -0.25) is 9.36 Å². The van der Waals surface area contributed by atoms with E-state index in [4.69, 9.17) is 5.73 Å². The molecular formula is C20H17F3N4O. The summed E-state index contributed by atoms with van der Waals surface area (Å²) < 4.78 is 43.9. The van der Waals surface area contributed by atoms with E-state index >= 15 is 0 Å². The molecular weight excluding hydrogens is 369 g/mol. The first-order valence-electron chi connectivity index (χ1n) is 9.03. The second kappa shape index (κ2) is 5.81. The fourth-order valence-corrected chi connectivity index (χ4v) is 4.17. The Morgan fingerprint density at radius 3 is 2.50 bits per heavy atom. The Morgan fingerprint density at radius 2 is 1.82 bits per heavy atom. The van der Waals surface area contributed by atoms with Gasteiger partial charge in [-0.2, -0.15) is 0 Å². The first-order chi connectivity index (χ1) is 13.3. The van der Waals surface area contributed by atoms with Gasteiger partial charge in [0.1, 0.15) is 11.6 Å². The van der Waals surface area contributed by atoms with Crippen molar-refractivity contribution >= 4 is 16.9 Å². The van der Waals surface area contributed by atoms with Crippen molar-refractivity contribution in [1.82, 2.24) is 9.55 Å². The molecule has 3 aromatic rings. The van der Waals surface area contributed by atoms with Gasteiger partial charge in [-0.05, 0) is 37.0 Å². The maximum atomic E-state index is 14.8. The zero-order chi connectivity index (χ0) is 19.7. The van der Waals surface area contributed by atoms with Crippen molar-refractivity contribution in [1.29, 1.82) is 0 Å². The first kappa shape index (κ1) is 17.2. The number of halogens is 3. The molecule has 2 unspecified atom stereocenters. The molecule has 0 spiro atoms. The van der Waals surface area contributed by atoms with Gasteiger partial charge in [0.15, 0.2) is 22.7 Å². The molecule has 1 aromatic carbocycles. The molecule has 8 heteroatoms. The second-order valence-corrected chi connectivity index (χ2v) is 7.58. The highest BCUT2D eigenvalue weighted by Gasteiger charge is 2.54. The van der Waals surface area contributed by atoms with Crippen LogP contribution in [0.5, 0.6) is 0 Å². The highest BCUT2D eigenvalue weighted by atomic mass is 19.1. The zero-order valence-electron chi connectivity index (χ0n) is 15.0. The molecule has 2 aliphatic rings. The zero-order valence-corrected chi connectivity index (χ0v) is 15.0. The molecule has 2 atom stereocenters. The molecule has 1 saturated heterocycles. The van der Waals surface area contributed by atoms with Crippen LogP contribution < -0.4 is 16.1 Å². The molecule has 2 N–H and O–H groups in total. The number of rotatable bonds is 2. The number of nitrogens with zero attached hydrogens (tertiary/aromatic N) is 3. The molecule has 3 heterocycles. The summed E-state index contributed by atoms with van der Waals surface area (Å²) in [5, 5.41) is 0.0473. The lowest BCUT2D eigenvalue weighted by molar-refractivity contribution is 0.578. The number of aromatic nitrogens is 2. The number of hydrogen-bond donors (Lipinski definition) is 1. The smallest absolute Gasteiger partial charge is 0.194 e. The molecule has 28 heavy (non-hydrogen) atoms. The van der Waals surface area contributed by atoms with Gasteiger partial charge >= 0.3 is 0 Å². The van der Waals surface area contributed by atoms with E-state index in [0.717, 1.165) is 18.2 Å². The molecule has 1 aliphatic carbocycles. The summed E-state index contributed by atoms with van der Waals surface area (Å²) in [7, 11) is 0. The number of fused-ring (bicyclic) bond motifs is 2. The Bertz CT molecular complexity index is 1180. The minimum atomic E-state index is -0.801. The van der Waals surface area contributed by atoms with Crippen LogP contribution in [0.15, 0.2) is 35.3 Å². The average molecular weight is 386 g/mol. The van der Waals surface area contributed by atoms with Crippen LogP contribution in [0.2, 0.25) is 0 Å². The second-order valence-electron chi connectivity index (χ2n) is 7.58. The maximum Gasteiger partial charge on any atom is 0.194 e. The van der Waals surface area contributed by atoms with Crippen molar-refractivity contribution in [3.63, 3.8) is 0 Å². The van der Waals surface area contributed by atoms with E-state index in [9.17, 15) is 18.0 Å². The summed E-state index contributed by atoms with van der Waals surface area (Å²) in [6, 6.07) is 4.44. The summed E-state index contributed by atoms with van der Waals surface area (Å²) in [5.74, 6) is -1.35. The molecule has 0 amide bonds. The van der Waals surface area contributed by atoms with Gasteiger partial charge in [0, 0.05) is 37.0 Å². The molecule has 1 saturated carbocycles. The predicted octanol–water partition coefficient (Wildman–Crippen LogP) is 2.50. The molecule has 0 bridgehead atoms. The lowest BCUT2D eigenvalue weighted by Gasteiger charge is -2.22. The summed E-state index contributed by atoms with van der Waals surface area (Å²) in [6.45, 7) is 2.76. The number of nitrogens with two attached hydrogens (primary N) is 1. The molecule has 0 radical (unpaired) electrons. The molecule has 5 nitrogen and oxygen atoms in total. The van der Waals surface area contributed by atoms with Crippen LogP contribution in [-0.4, -0.2) is 28.7 Å². The fourth-order valence-electron chi connectivity index (χ4n) is 4.17. The van der Waals surface area contributed by atoms with Gasteiger partial charge in [-0.15, -0.1) is 0 Å². The van der Waals surface area contributed by atoms with Gasteiger partial charge in [-0.1, -0.05) is 0 Å². The summed E-state index contributed by atoms with van der Waals surface area (Å²) >= 11 is 0. The van der Waals surface area contributed by atoms with Crippen LogP contribution in [0, 0.1) is 36.2 Å². The van der Waals surface area contributed by atoms with E-state index in [2.05, 4.69) is 4.98 Å². The summed E-state index contributed by atoms with van der Waals surface area (Å²) in [6.07, 6.45) is 1.44. The Labute approximate surface area is 158 Å². The van der Waals surface area contributed by atoms with Crippen molar-refractivity contribution in [3.05, 3.63) is 63.7 Å². The van der Waals surface area contributed by atoms with E-state index in [0.29, 0.717) is 30.5 Å². The minimum Gasteiger partial charge on any atom is -0.353 e. The number of anilines is 1. The number of benzene rings is 1. The molecule has 5 rings (SSSR count). The minimum absolute atomic E-state index is 0.0332. The lowest BCUT2D eigenvalue weighted by Crippen LogP contribution is -2.30. The highest BCUT2D eigenvalue weighted by Crippen LogP contribution is 2.45. The third-order valence-electron chi connectivity index (χ3n) is 5.82. The van der Waals surface area contributed by atoms with Gasteiger partial charge in [0.05, 0.1) is 11.1 Å². The van der Waals surface area contributed by atoms with E-state index in [-0.39, 0.29) is 34.0 Å². The van der Waals surface area contributed by atoms with Crippen LogP contribution in [0.1, 0.15) is 5.56 Å². The van der Waals surface area contributed by atoms with Gasteiger partial charge in [0.25, 0.3) is 0 Å². The number of piperidine rings is 1. The molecule has 144 valence electrons. The maximum absolute atomic E-state index is 14.8. The van der Waals surface area contributed by atoms with E-state index in [1.165, 1.54) is 16.8 Å². The predicted molar refractivity (Wildman–Crippen MR) is 99.1 cm³/mol. The van der Waals surface area contributed by atoms with Crippen molar-refractivity contribution in [2.45, 2.75) is 13.0 Å². The number of aryl methyl sites for hydroxylation is 1. The Balaban J connectivity index is 1.73. The normalized spacial score (nSPS) is 23.3. The Morgan fingerprint density at radius 1 is 1.11 bits per heavy atom. The largest absolute Gasteiger partial charge is 0.353 e. The first-order valence-corrected chi connectivity index (χ1v) is 9.03. The van der Waals surface area contributed by atoms with Crippen LogP contribution >= 0.6 is 0 Å². The molecule has 2 aromatic heterocycles. The van der Waals surface area contributed by atoms with Crippen molar-refractivity contribution in [2.75, 3.05) is 18.0 Å². The van der Waals surface area contributed by atoms with Crippen molar-refractivity contribution in [2.24, 2.45) is 17.6 Å². The average Bonchev–Trinajstić information content (AvgIpc) is 3.04. The van der Waals surface area contributed by atoms with Crippen molar-refractivity contribution in [3.8, 4) is 5.69 Å². The third kappa shape index (κ3) is 2.44. The van der Waals surface area contributed by atoms with E-state index in [1.807, 2.05) is 4.90 Å². The monoisotopic (exact) mass is 386 g/mol. The fraction of sp³-hybridized carbons (Fsp3) is 0.300. The third-order valence-corrected chi connectivity index (χ3v) is 5.82.